The van der Waals surface area contributed by atoms with Crippen molar-refractivity contribution in [3.63, 3.8) is 0 Å². The van der Waals surface area contributed by atoms with Crippen LogP contribution in [0.3, 0.4) is 0 Å². The number of amides is 1. The van der Waals surface area contributed by atoms with Gasteiger partial charge < -0.3 is 9.64 Å². The number of likely N-dealkylation sites (N-methyl/N-ethyl adjacent to an activating group) is 1. The number of hydrogen-bond acceptors (Lipinski definition) is 3. The molecule has 0 fully saturated rings. The highest BCUT2D eigenvalue weighted by Crippen LogP contribution is 2.11. The van der Waals surface area contributed by atoms with Gasteiger partial charge in [-0.05, 0) is 12.8 Å². The van der Waals surface area contributed by atoms with Gasteiger partial charge in [0, 0.05) is 13.5 Å². The molecule has 0 aromatic rings. The predicted octanol–water partition coefficient (Wildman–Crippen LogP) is 4.32. The van der Waals surface area contributed by atoms with Gasteiger partial charge in [-0.3, -0.25) is 9.59 Å². The quantitative estimate of drug-likeness (QED) is 0.354. The van der Waals surface area contributed by atoms with Crippen LogP contribution in [0.25, 0.3) is 0 Å². The molecule has 0 saturated carbocycles. The standard InChI is InChI=1S/C18H35NO3/c1-4-6-7-8-9-10-11-12-13-14-17(20)19(3)16-18(21)22-15-5-2/h4-16H2,1-3H3. The summed E-state index contributed by atoms with van der Waals surface area (Å²) in [5, 5.41) is 0. The van der Waals surface area contributed by atoms with Crippen molar-refractivity contribution in [1.29, 1.82) is 0 Å². The highest BCUT2D eigenvalue weighted by molar-refractivity contribution is 5.81. The number of esters is 1. The minimum absolute atomic E-state index is 0.0383. The van der Waals surface area contributed by atoms with Crippen molar-refractivity contribution >= 4 is 11.9 Å². The molecule has 0 spiro atoms. The molecule has 4 heteroatoms. The summed E-state index contributed by atoms with van der Waals surface area (Å²) in [6.45, 7) is 4.68. The zero-order valence-corrected chi connectivity index (χ0v) is 14.9. The van der Waals surface area contributed by atoms with E-state index in [2.05, 4.69) is 6.92 Å². The van der Waals surface area contributed by atoms with E-state index in [1.807, 2.05) is 6.92 Å². The molecule has 0 heterocycles. The Morgan fingerprint density at radius 3 is 1.91 bits per heavy atom. The number of nitrogens with zero attached hydrogens (tertiary/aromatic N) is 1. The average Bonchev–Trinajstić information content (AvgIpc) is 2.51. The lowest BCUT2D eigenvalue weighted by Crippen LogP contribution is -2.32. The maximum Gasteiger partial charge on any atom is 0.325 e. The zero-order chi connectivity index (χ0) is 16.6. The van der Waals surface area contributed by atoms with E-state index in [1.165, 1.54) is 49.8 Å². The summed E-state index contributed by atoms with van der Waals surface area (Å²) in [7, 11) is 1.67. The molecule has 22 heavy (non-hydrogen) atoms. The van der Waals surface area contributed by atoms with Gasteiger partial charge in [0.1, 0.15) is 6.54 Å². The van der Waals surface area contributed by atoms with Crippen molar-refractivity contribution in [2.75, 3.05) is 20.2 Å². The van der Waals surface area contributed by atoms with E-state index in [9.17, 15) is 9.59 Å². The first-order valence-electron chi connectivity index (χ1n) is 9.01. The monoisotopic (exact) mass is 313 g/mol. The van der Waals surface area contributed by atoms with Crippen molar-refractivity contribution in [2.45, 2.75) is 84.5 Å². The Bertz CT molecular complexity index is 292. The van der Waals surface area contributed by atoms with Crippen molar-refractivity contribution in [1.82, 2.24) is 4.90 Å². The molecule has 0 N–H and O–H groups in total. The third kappa shape index (κ3) is 12.7. The molecule has 0 rings (SSSR count). The highest BCUT2D eigenvalue weighted by atomic mass is 16.5. The van der Waals surface area contributed by atoms with E-state index in [4.69, 9.17) is 4.74 Å². The van der Waals surface area contributed by atoms with Gasteiger partial charge in [0.25, 0.3) is 0 Å². The van der Waals surface area contributed by atoms with Gasteiger partial charge in [-0.1, -0.05) is 65.2 Å². The van der Waals surface area contributed by atoms with Crippen LogP contribution in [0.2, 0.25) is 0 Å². The molecular formula is C18H35NO3. The smallest absolute Gasteiger partial charge is 0.325 e. The van der Waals surface area contributed by atoms with Crippen molar-refractivity contribution in [2.24, 2.45) is 0 Å². The Labute approximate surface area is 136 Å². The van der Waals surface area contributed by atoms with Gasteiger partial charge in [-0.25, -0.2) is 0 Å². The van der Waals surface area contributed by atoms with Gasteiger partial charge >= 0.3 is 5.97 Å². The number of hydrogen-bond donors (Lipinski definition) is 0. The maximum atomic E-state index is 11.9. The summed E-state index contributed by atoms with van der Waals surface area (Å²) < 4.78 is 4.98. The first kappa shape index (κ1) is 20.9. The second kappa shape index (κ2) is 14.9. The van der Waals surface area contributed by atoms with Gasteiger partial charge in [-0.15, -0.1) is 0 Å². The van der Waals surface area contributed by atoms with Crippen LogP contribution in [0, 0.1) is 0 Å². The number of ether oxygens (including phenoxy) is 1. The van der Waals surface area contributed by atoms with E-state index in [0.29, 0.717) is 13.0 Å². The second-order valence-electron chi connectivity index (χ2n) is 6.05. The van der Waals surface area contributed by atoms with Crippen LogP contribution in [-0.4, -0.2) is 37.0 Å². The fourth-order valence-electron chi connectivity index (χ4n) is 2.32. The molecule has 0 unspecified atom stereocenters. The van der Waals surface area contributed by atoms with Crippen LogP contribution in [0.15, 0.2) is 0 Å². The minimum Gasteiger partial charge on any atom is -0.464 e. The van der Waals surface area contributed by atoms with Crippen molar-refractivity contribution in [3.8, 4) is 0 Å². The maximum absolute atomic E-state index is 11.9. The highest BCUT2D eigenvalue weighted by Gasteiger charge is 2.13. The van der Waals surface area contributed by atoms with E-state index >= 15 is 0 Å². The molecule has 4 nitrogen and oxygen atoms in total. The number of rotatable bonds is 14. The number of unbranched alkanes of at least 4 members (excludes halogenated alkanes) is 8. The molecule has 1 amide bonds. The Balaban J connectivity index is 3.49. The van der Waals surface area contributed by atoms with Gasteiger partial charge in [0.15, 0.2) is 0 Å². The molecule has 0 aromatic heterocycles. The third-order valence-electron chi connectivity index (χ3n) is 3.75. The largest absolute Gasteiger partial charge is 0.464 e. The lowest BCUT2D eigenvalue weighted by atomic mass is 10.1. The molecular weight excluding hydrogens is 278 g/mol. The van der Waals surface area contributed by atoms with Crippen molar-refractivity contribution < 1.29 is 14.3 Å². The third-order valence-corrected chi connectivity index (χ3v) is 3.75. The summed E-state index contributed by atoms with van der Waals surface area (Å²) in [5.41, 5.74) is 0. The first-order valence-corrected chi connectivity index (χ1v) is 9.01. The summed E-state index contributed by atoms with van der Waals surface area (Å²) in [6, 6.07) is 0. The Kier molecular flexibility index (Phi) is 14.1. The summed E-state index contributed by atoms with van der Waals surface area (Å²) in [5.74, 6) is -0.277. The lowest BCUT2D eigenvalue weighted by Gasteiger charge is -2.16. The second-order valence-corrected chi connectivity index (χ2v) is 6.05. The topological polar surface area (TPSA) is 46.6 Å². The Morgan fingerprint density at radius 2 is 1.36 bits per heavy atom. The van der Waals surface area contributed by atoms with Gasteiger partial charge in [0.2, 0.25) is 5.91 Å². The van der Waals surface area contributed by atoms with Crippen LogP contribution in [-0.2, 0) is 14.3 Å². The molecule has 0 aliphatic carbocycles. The van der Waals surface area contributed by atoms with Crippen LogP contribution in [0.5, 0.6) is 0 Å². The van der Waals surface area contributed by atoms with Gasteiger partial charge in [-0.2, -0.15) is 0 Å². The van der Waals surface area contributed by atoms with Crippen LogP contribution in [0.1, 0.15) is 84.5 Å². The Hall–Kier alpha value is -1.06. The van der Waals surface area contributed by atoms with E-state index in [0.717, 1.165) is 19.3 Å². The Morgan fingerprint density at radius 1 is 0.818 bits per heavy atom. The van der Waals surface area contributed by atoms with Crippen LogP contribution in [0.4, 0.5) is 0 Å². The summed E-state index contributed by atoms with van der Waals surface area (Å²) >= 11 is 0. The predicted molar refractivity (Wildman–Crippen MR) is 90.7 cm³/mol. The fourth-order valence-corrected chi connectivity index (χ4v) is 2.32. The van der Waals surface area contributed by atoms with E-state index in [-0.39, 0.29) is 18.4 Å². The molecule has 0 aliphatic heterocycles. The number of carbonyl (C=O) groups excluding carboxylic acids is 2. The molecule has 0 bridgehead atoms. The molecule has 130 valence electrons. The fraction of sp³-hybridized carbons (Fsp3) is 0.889. The van der Waals surface area contributed by atoms with Crippen molar-refractivity contribution in [3.05, 3.63) is 0 Å². The molecule has 0 atom stereocenters. The molecule has 0 aliphatic rings. The molecule has 0 aromatic carbocycles. The van der Waals surface area contributed by atoms with E-state index < -0.39 is 0 Å². The van der Waals surface area contributed by atoms with Crippen LogP contribution >= 0.6 is 0 Å². The zero-order valence-electron chi connectivity index (χ0n) is 14.9. The van der Waals surface area contributed by atoms with Gasteiger partial charge in [0.05, 0.1) is 6.61 Å². The average molecular weight is 313 g/mol. The van der Waals surface area contributed by atoms with Crippen LogP contribution < -0.4 is 0 Å². The molecule has 0 saturated heterocycles. The number of carbonyl (C=O) groups is 2. The summed E-state index contributed by atoms with van der Waals surface area (Å²) in [6.07, 6.45) is 12.5. The molecule has 0 radical (unpaired) electrons. The van der Waals surface area contributed by atoms with E-state index in [1.54, 1.807) is 7.05 Å². The minimum atomic E-state index is -0.315. The first-order chi connectivity index (χ1) is 10.6. The summed E-state index contributed by atoms with van der Waals surface area (Å²) in [4.78, 5) is 24.8. The lowest BCUT2D eigenvalue weighted by molar-refractivity contribution is -0.148. The normalized spacial score (nSPS) is 10.5. The SMILES string of the molecule is CCCCCCCCCCCC(=O)N(C)CC(=O)OCCC.